The number of hydrogen-bond acceptors (Lipinski definition) is 4. The Morgan fingerprint density at radius 1 is 1.41 bits per heavy atom. The molecule has 0 spiro atoms. The highest BCUT2D eigenvalue weighted by Gasteiger charge is 2.20. The van der Waals surface area contributed by atoms with Gasteiger partial charge in [0.25, 0.3) is 5.69 Å². The first-order chi connectivity index (χ1) is 8.15. The lowest BCUT2D eigenvalue weighted by Gasteiger charge is -2.27. The minimum Gasteiger partial charge on any atom is -0.393 e. The van der Waals surface area contributed by atoms with E-state index in [1.54, 1.807) is 6.07 Å². The Kier molecular flexibility index (Phi) is 3.58. The lowest BCUT2D eigenvalue weighted by molar-refractivity contribution is -0.384. The van der Waals surface area contributed by atoms with Crippen LogP contribution in [-0.2, 0) is 0 Å². The molecule has 92 valence electrons. The second-order valence-corrected chi connectivity index (χ2v) is 4.47. The lowest BCUT2D eigenvalue weighted by Crippen LogP contribution is -2.29. The number of benzene rings is 1. The SMILES string of the molecule is O=[N+]([O-])c1cccc(NC2CCCC(O)C2)c1. The number of aliphatic hydroxyl groups is 1. The molecule has 1 aliphatic rings. The van der Waals surface area contributed by atoms with Crippen LogP contribution in [-0.4, -0.2) is 22.2 Å². The summed E-state index contributed by atoms with van der Waals surface area (Å²) in [6.07, 6.45) is 3.31. The van der Waals surface area contributed by atoms with Crippen molar-refractivity contribution in [2.75, 3.05) is 5.32 Å². The van der Waals surface area contributed by atoms with Gasteiger partial charge in [0.2, 0.25) is 0 Å². The Morgan fingerprint density at radius 3 is 2.94 bits per heavy atom. The zero-order chi connectivity index (χ0) is 12.3. The fourth-order valence-electron chi connectivity index (χ4n) is 2.24. The lowest BCUT2D eigenvalue weighted by atomic mass is 9.93. The van der Waals surface area contributed by atoms with E-state index in [0.717, 1.165) is 24.9 Å². The fraction of sp³-hybridized carbons (Fsp3) is 0.500. The van der Waals surface area contributed by atoms with Gasteiger partial charge >= 0.3 is 0 Å². The van der Waals surface area contributed by atoms with E-state index < -0.39 is 4.92 Å². The summed E-state index contributed by atoms with van der Waals surface area (Å²) >= 11 is 0. The van der Waals surface area contributed by atoms with Crippen molar-refractivity contribution in [3.05, 3.63) is 34.4 Å². The van der Waals surface area contributed by atoms with Crippen LogP contribution in [0, 0.1) is 10.1 Å². The van der Waals surface area contributed by atoms with Crippen molar-refractivity contribution in [2.45, 2.75) is 37.8 Å². The highest BCUT2D eigenvalue weighted by molar-refractivity contribution is 5.51. The van der Waals surface area contributed by atoms with Gasteiger partial charge in [0.15, 0.2) is 0 Å². The van der Waals surface area contributed by atoms with Gasteiger partial charge in [0.05, 0.1) is 11.0 Å². The zero-order valence-corrected chi connectivity index (χ0v) is 9.50. The van der Waals surface area contributed by atoms with E-state index >= 15 is 0 Å². The highest BCUT2D eigenvalue weighted by Crippen LogP contribution is 2.24. The molecule has 0 bridgehead atoms. The van der Waals surface area contributed by atoms with Gasteiger partial charge in [-0.1, -0.05) is 6.07 Å². The predicted octanol–water partition coefficient (Wildman–Crippen LogP) is 2.31. The fourth-order valence-corrected chi connectivity index (χ4v) is 2.24. The third-order valence-electron chi connectivity index (χ3n) is 3.07. The minimum atomic E-state index is -0.402. The number of anilines is 1. The molecule has 1 aromatic rings. The smallest absolute Gasteiger partial charge is 0.271 e. The molecule has 5 heteroatoms. The molecule has 0 amide bonds. The third kappa shape index (κ3) is 3.17. The quantitative estimate of drug-likeness (QED) is 0.623. The second-order valence-electron chi connectivity index (χ2n) is 4.47. The largest absolute Gasteiger partial charge is 0.393 e. The average Bonchev–Trinajstić information content (AvgIpc) is 2.29. The summed E-state index contributed by atoms with van der Waals surface area (Å²) in [5.74, 6) is 0. The third-order valence-corrected chi connectivity index (χ3v) is 3.07. The molecule has 5 nitrogen and oxygen atoms in total. The molecule has 1 fully saturated rings. The van der Waals surface area contributed by atoms with E-state index in [2.05, 4.69) is 5.32 Å². The Bertz CT molecular complexity index is 408. The van der Waals surface area contributed by atoms with Crippen LogP contribution in [0.5, 0.6) is 0 Å². The number of aliphatic hydroxyl groups excluding tert-OH is 1. The molecule has 2 unspecified atom stereocenters. The molecule has 0 aromatic heterocycles. The summed E-state index contributed by atoms with van der Waals surface area (Å²) < 4.78 is 0. The maximum atomic E-state index is 10.6. The van der Waals surface area contributed by atoms with E-state index in [4.69, 9.17) is 0 Å². The standard InChI is InChI=1S/C12H16N2O3/c15-12-6-2-4-10(8-12)13-9-3-1-5-11(7-9)14(16)17/h1,3,5,7,10,12-13,15H,2,4,6,8H2. The van der Waals surface area contributed by atoms with Gasteiger partial charge in [-0.05, 0) is 31.7 Å². The number of nitro groups is 1. The van der Waals surface area contributed by atoms with Crippen molar-refractivity contribution in [1.82, 2.24) is 0 Å². The molecular formula is C12H16N2O3. The molecular weight excluding hydrogens is 220 g/mol. The minimum absolute atomic E-state index is 0.0892. The topological polar surface area (TPSA) is 75.4 Å². The number of non-ortho nitro benzene ring substituents is 1. The van der Waals surface area contributed by atoms with Gasteiger partial charge in [-0.15, -0.1) is 0 Å². The zero-order valence-electron chi connectivity index (χ0n) is 9.50. The van der Waals surface area contributed by atoms with Gasteiger partial charge in [-0.2, -0.15) is 0 Å². The molecule has 0 heterocycles. The van der Waals surface area contributed by atoms with Gasteiger partial charge in [0, 0.05) is 23.9 Å². The molecule has 2 rings (SSSR count). The van der Waals surface area contributed by atoms with E-state index in [9.17, 15) is 15.2 Å². The Hall–Kier alpha value is -1.62. The van der Waals surface area contributed by atoms with Crippen LogP contribution in [0.25, 0.3) is 0 Å². The summed E-state index contributed by atoms with van der Waals surface area (Å²) in [6, 6.07) is 6.69. The first-order valence-corrected chi connectivity index (χ1v) is 5.84. The van der Waals surface area contributed by atoms with E-state index in [1.165, 1.54) is 12.1 Å². The molecule has 17 heavy (non-hydrogen) atoms. The monoisotopic (exact) mass is 236 g/mol. The molecule has 0 saturated heterocycles. The van der Waals surface area contributed by atoms with Crippen molar-refractivity contribution in [1.29, 1.82) is 0 Å². The van der Waals surface area contributed by atoms with Crippen LogP contribution in [0.1, 0.15) is 25.7 Å². The van der Waals surface area contributed by atoms with Gasteiger partial charge in [-0.25, -0.2) is 0 Å². The number of nitrogens with one attached hydrogen (secondary N) is 1. The van der Waals surface area contributed by atoms with Crippen molar-refractivity contribution in [2.24, 2.45) is 0 Å². The molecule has 1 saturated carbocycles. The van der Waals surface area contributed by atoms with Gasteiger partial charge < -0.3 is 10.4 Å². The molecule has 0 radical (unpaired) electrons. The van der Waals surface area contributed by atoms with Crippen LogP contribution in [0.4, 0.5) is 11.4 Å². The van der Waals surface area contributed by atoms with Crippen LogP contribution in [0.3, 0.4) is 0 Å². The van der Waals surface area contributed by atoms with Crippen LogP contribution < -0.4 is 5.32 Å². The molecule has 1 aliphatic carbocycles. The summed E-state index contributed by atoms with van der Waals surface area (Å²) in [6.45, 7) is 0. The maximum Gasteiger partial charge on any atom is 0.271 e. The van der Waals surface area contributed by atoms with Gasteiger partial charge in [0.1, 0.15) is 0 Å². The first-order valence-electron chi connectivity index (χ1n) is 5.84. The molecule has 0 aliphatic heterocycles. The molecule has 2 atom stereocenters. The van der Waals surface area contributed by atoms with E-state index in [0.29, 0.717) is 6.42 Å². The molecule has 2 N–H and O–H groups in total. The maximum absolute atomic E-state index is 10.6. The average molecular weight is 236 g/mol. The number of rotatable bonds is 3. The van der Waals surface area contributed by atoms with Crippen molar-refractivity contribution >= 4 is 11.4 Å². The van der Waals surface area contributed by atoms with Crippen molar-refractivity contribution in [3.63, 3.8) is 0 Å². The van der Waals surface area contributed by atoms with E-state index in [1.807, 2.05) is 6.07 Å². The summed E-state index contributed by atoms with van der Waals surface area (Å²) in [5, 5.41) is 23.4. The Labute approximate surface area is 99.6 Å². The summed E-state index contributed by atoms with van der Waals surface area (Å²) in [4.78, 5) is 10.2. The number of hydrogen-bond donors (Lipinski definition) is 2. The molecule has 1 aromatic carbocycles. The van der Waals surface area contributed by atoms with Gasteiger partial charge in [-0.3, -0.25) is 10.1 Å². The van der Waals surface area contributed by atoms with Crippen molar-refractivity contribution < 1.29 is 10.0 Å². The Morgan fingerprint density at radius 2 is 2.24 bits per heavy atom. The summed E-state index contributed by atoms with van der Waals surface area (Å²) in [7, 11) is 0. The van der Waals surface area contributed by atoms with Crippen molar-refractivity contribution in [3.8, 4) is 0 Å². The van der Waals surface area contributed by atoms with Crippen LogP contribution in [0.15, 0.2) is 24.3 Å². The highest BCUT2D eigenvalue weighted by atomic mass is 16.6. The Balaban J connectivity index is 2.02. The normalized spacial score (nSPS) is 24.3. The van der Waals surface area contributed by atoms with Crippen LogP contribution in [0.2, 0.25) is 0 Å². The second kappa shape index (κ2) is 5.14. The summed E-state index contributed by atoms with van der Waals surface area (Å²) in [5.41, 5.74) is 0.838. The van der Waals surface area contributed by atoms with Crippen LogP contribution >= 0.6 is 0 Å². The first kappa shape index (κ1) is 11.9. The number of nitrogens with zero attached hydrogens (tertiary/aromatic N) is 1. The predicted molar refractivity (Wildman–Crippen MR) is 65.0 cm³/mol. The van der Waals surface area contributed by atoms with E-state index in [-0.39, 0.29) is 17.8 Å². The number of nitro benzene ring substituents is 1.